The van der Waals surface area contributed by atoms with Crippen molar-refractivity contribution in [2.24, 2.45) is 5.92 Å². The highest BCUT2D eigenvalue weighted by molar-refractivity contribution is 7.15. The number of nitrogens with one attached hydrogen (secondary N) is 1. The van der Waals surface area contributed by atoms with Gasteiger partial charge in [0.25, 0.3) is 0 Å². The molecule has 0 aliphatic carbocycles. The summed E-state index contributed by atoms with van der Waals surface area (Å²) < 4.78 is 1.62. The van der Waals surface area contributed by atoms with Gasteiger partial charge in [-0.25, -0.2) is 4.52 Å². The molecule has 1 fully saturated rings. The zero-order chi connectivity index (χ0) is 22.2. The minimum Gasteiger partial charge on any atom is -0.338 e. The molecule has 10 heteroatoms. The molecule has 5 rings (SSSR count). The zero-order valence-electron chi connectivity index (χ0n) is 16.7. The summed E-state index contributed by atoms with van der Waals surface area (Å²) in [4.78, 5) is 31.9. The Labute approximate surface area is 197 Å². The first-order chi connectivity index (χ1) is 15.5. The first-order valence-electron chi connectivity index (χ1n) is 9.90. The molecule has 0 spiro atoms. The summed E-state index contributed by atoms with van der Waals surface area (Å²) in [5.74, 6) is -0.565. The SMILES string of the molecule is O=C(Nc1nc2scc(-c3cc(Cl)ccc3Cl)n2n1)C1CC(=O)N(Cc2ccccc2)C1. The maximum Gasteiger partial charge on any atom is 0.250 e. The second-order valence-electron chi connectivity index (χ2n) is 7.53. The number of likely N-dealkylation sites (tertiary alicyclic amines) is 1. The smallest absolute Gasteiger partial charge is 0.250 e. The van der Waals surface area contributed by atoms with Crippen LogP contribution in [0.1, 0.15) is 12.0 Å². The fourth-order valence-electron chi connectivity index (χ4n) is 3.73. The van der Waals surface area contributed by atoms with E-state index in [-0.39, 0.29) is 24.2 Å². The number of hydrogen-bond donors (Lipinski definition) is 1. The molecule has 1 saturated heterocycles. The highest BCUT2D eigenvalue weighted by Gasteiger charge is 2.34. The van der Waals surface area contributed by atoms with E-state index in [1.165, 1.54) is 11.3 Å². The summed E-state index contributed by atoms with van der Waals surface area (Å²) in [6, 6.07) is 14.9. The van der Waals surface area contributed by atoms with Gasteiger partial charge in [0.2, 0.25) is 22.7 Å². The van der Waals surface area contributed by atoms with E-state index in [4.69, 9.17) is 23.2 Å². The van der Waals surface area contributed by atoms with E-state index in [1.54, 1.807) is 27.6 Å². The number of amides is 2. The number of aromatic nitrogens is 3. The molecule has 1 aliphatic heterocycles. The second kappa shape index (κ2) is 8.54. The predicted molar refractivity (Wildman–Crippen MR) is 125 cm³/mol. The minimum atomic E-state index is -0.449. The molecule has 4 aromatic rings. The van der Waals surface area contributed by atoms with Crippen LogP contribution in [-0.4, -0.2) is 37.9 Å². The van der Waals surface area contributed by atoms with Gasteiger partial charge in [-0.05, 0) is 23.8 Å². The van der Waals surface area contributed by atoms with Gasteiger partial charge in [0.15, 0.2) is 0 Å². The molecule has 0 radical (unpaired) electrons. The van der Waals surface area contributed by atoms with E-state index in [2.05, 4.69) is 15.4 Å². The van der Waals surface area contributed by atoms with Gasteiger partial charge in [-0.1, -0.05) is 53.5 Å². The molecule has 1 N–H and O–H groups in total. The number of anilines is 1. The van der Waals surface area contributed by atoms with Gasteiger partial charge in [0, 0.05) is 35.5 Å². The van der Waals surface area contributed by atoms with Gasteiger partial charge in [-0.3, -0.25) is 14.9 Å². The molecule has 32 heavy (non-hydrogen) atoms. The van der Waals surface area contributed by atoms with Gasteiger partial charge >= 0.3 is 0 Å². The van der Waals surface area contributed by atoms with Gasteiger partial charge in [0.1, 0.15) is 0 Å². The van der Waals surface area contributed by atoms with Crippen LogP contribution < -0.4 is 5.32 Å². The summed E-state index contributed by atoms with van der Waals surface area (Å²) in [7, 11) is 0. The zero-order valence-corrected chi connectivity index (χ0v) is 19.0. The largest absolute Gasteiger partial charge is 0.338 e. The number of rotatable bonds is 5. The van der Waals surface area contributed by atoms with Crippen molar-refractivity contribution >= 4 is 57.3 Å². The maximum absolute atomic E-state index is 12.8. The number of hydrogen-bond acceptors (Lipinski definition) is 5. The van der Waals surface area contributed by atoms with Crippen LogP contribution in [0.2, 0.25) is 10.0 Å². The van der Waals surface area contributed by atoms with Crippen LogP contribution in [0.5, 0.6) is 0 Å². The normalized spacial score (nSPS) is 16.1. The monoisotopic (exact) mass is 485 g/mol. The molecule has 162 valence electrons. The standard InChI is InChI=1S/C22H17Cl2N5O2S/c23-15-6-7-17(24)16(9-15)18-12-32-22-26-21(27-29(18)22)25-20(31)14-8-19(30)28(11-14)10-13-4-2-1-3-5-13/h1-7,9,12,14H,8,10-11H2,(H,25,27,31). The molecule has 2 amide bonds. The average molecular weight is 486 g/mol. The van der Waals surface area contributed by atoms with Crippen LogP contribution in [0.25, 0.3) is 16.2 Å². The van der Waals surface area contributed by atoms with Crippen LogP contribution in [0.3, 0.4) is 0 Å². The molecule has 7 nitrogen and oxygen atoms in total. The van der Waals surface area contributed by atoms with Crippen LogP contribution in [0.15, 0.2) is 53.9 Å². The van der Waals surface area contributed by atoms with Gasteiger partial charge in [-0.15, -0.1) is 16.4 Å². The maximum atomic E-state index is 12.8. The number of nitrogens with zero attached hydrogens (tertiary/aromatic N) is 4. The van der Waals surface area contributed by atoms with Crippen molar-refractivity contribution in [3.63, 3.8) is 0 Å². The summed E-state index contributed by atoms with van der Waals surface area (Å²) in [5.41, 5.74) is 2.49. The van der Waals surface area contributed by atoms with Crippen molar-refractivity contribution in [2.75, 3.05) is 11.9 Å². The lowest BCUT2D eigenvalue weighted by Gasteiger charge is -2.16. The lowest BCUT2D eigenvalue weighted by atomic mass is 10.1. The third-order valence-electron chi connectivity index (χ3n) is 5.32. The van der Waals surface area contributed by atoms with E-state index >= 15 is 0 Å². The highest BCUT2D eigenvalue weighted by Crippen LogP contribution is 2.33. The van der Waals surface area contributed by atoms with Crippen molar-refractivity contribution in [3.8, 4) is 11.3 Å². The van der Waals surface area contributed by atoms with E-state index < -0.39 is 5.92 Å². The topological polar surface area (TPSA) is 79.6 Å². The van der Waals surface area contributed by atoms with E-state index in [9.17, 15) is 9.59 Å². The first-order valence-corrected chi connectivity index (χ1v) is 11.5. The Morgan fingerprint density at radius 1 is 1.19 bits per heavy atom. The first kappa shape index (κ1) is 20.9. The fraction of sp³-hybridized carbons (Fsp3) is 0.182. The van der Waals surface area contributed by atoms with Crippen LogP contribution in [0.4, 0.5) is 5.95 Å². The fourth-order valence-corrected chi connectivity index (χ4v) is 4.94. The summed E-state index contributed by atoms with van der Waals surface area (Å²) in [6.07, 6.45) is 0.171. The number of carbonyl (C=O) groups is 2. The third kappa shape index (κ3) is 4.09. The van der Waals surface area contributed by atoms with E-state index in [1.807, 2.05) is 35.7 Å². The molecule has 1 aliphatic rings. The van der Waals surface area contributed by atoms with Gasteiger partial charge in [0.05, 0.1) is 16.6 Å². The lowest BCUT2D eigenvalue weighted by Crippen LogP contribution is -2.28. The number of fused-ring (bicyclic) bond motifs is 1. The lowest BCUT2D eigenvalue weighted by molar-refractivity contribution is -0.128. The predicted octanol–water partition coefficient (Wildman–Crippen LogP) is 4.75. The van der Waals surface area contributed by atoms with Crippen molar-refractivity contribution in [2.45, 2.75) is 13.0 Å². The molecular formula is C22H17Cl2N5O2S. The molecule has 1 atom stereocenters. The molecule has 0 bridgehead atoms. The number of thiazole rings is 1. The number of halogens is 2. The number of benzene rings is 2. The summed E-state index contributed by atoms with van der Waals surface area (Å²) >= 11 is 13.8. The summed E-state index contributed by atoms with van der Waals surface area (Å²) in [5, 5.41) is 10.2. The minimum absolute atomic E-state index is 0.0364. The van der Waals surface area contributed by atoms with E-state index in [0.29, 0.717) is 28.1 Å². The van der Waals surface area contributed by atoms with Crippen molar-refractivity contribution < 1.29 is 9.59 Å². The van der Waals surface area contributed by atoms with Crippen molar-refractivity contribution in [1.29, 1.82) is 0 Å². The van der Waals surface area contributed by atoms with Crippen molar-refractivity contribution in [1.82, 2.24) is 19.5 Å². The third-order valence-corrected chi connectivity index (χ3v) is 6.70. The molecular weight excluding hydrogens is 469 g/mol. The van der Waals surface area contributed by atoms with Gasteiger partial charge < -0.3 is 4.90 Å². The molecule has 3 heterocycles. The van der Waals surface area contributed by atoms with Crippen molar-refractivity contribution in [3.05, 3.63) is 69.5 Å². The molecule has 2 aromatic heterocycles. The molecule has 0 saturated carbocycles. The Hall–Kier alpha value is -2.94. The average Bonchev–Trinajstić information content (AvgIpc) is 3.45. The Bertz CT molecular complexity index is 1320. The van der Waals surface area contributed by atoms with E-state index in [0.717, 1.165) is 16.8 Å². The Morgan fingerprint density at radius 3 is 2.81 bits per heavy atom. The summed E-state index contributed by atoms with van der Waals surface area (Å²) in [6.45, 7) is 0.858. The van der Waals surface area contributed by atoms with Crippen LogP contribution in [0, 0.1) is 5.92 Å². The van der Waals surface area contributed by atoms with Crippen LogP contribution >= 0.6 is 34.5 Å². The van der Waals surface area contributed by atoms with Gasteiger partial charge in [-0.2, -0.15) is 4.98 Å². The Balaban J connectivity index is 1.31. The highest BCUT2D eigenvalue weighted by atomic mass is 35.5. The Morgan fingerprint density at radius 2 is 2.00 bits per heavy atom. The number of carbonyl (C=O) groups excluding carboxylic acids is 2. The quantitative estimate of drug-likeness (QED) is 0.442. The molecule has 2 aromatic carbocycles. The Kier molecular flexibility index (Phi) is 5.58. The second-order valence-corrected chi connectivity index (χ2v) is 9.21. The molecule has 1 unspecified atom stereocenters. The van der Waals surface area contributed by atoms with Crippen LogP contribution in [-0.2, 0) is 16.1 Å².